The summed E-state index contributed by atoms with van der Waals surface area (Å²) in [4.78, 5) is 17.3. The van der Waals surface area contributed by atoms with Crippen LogP contribution in [0.15, 0.2) is 73.3 Å². The van der Waals surface area contributed by atoms with Gasteiger partial charge in [0.1, 0.15) is 29.0 Å². The lowest BCUT2D eigenvalue weighted by atomic mass is 10.1. The molecule has 35 heavy (non-hydrogen) atoms. The van der Waals surface area contributed by atoms with E-state index in [-0.39, 0.29) is 0 Å². The molecule has 2 heterocycles. The van der Waals surface area contributed by atoms with Gasteiger partial charge in [-0.25, -0.2) is 9.97 Å². The fourth-order valence-corrected chi connectivity index (χ4v) is 3.56. The highest BCUT2D eigenvalue weighted by molar-refractivity contribution is 14.1. The Hall–Kier alpha value is -3.29. The quantitative estimate of drug-likeness (QED) is 0.161. The standard InChI is InChI=1S/C16H18N2OSi.C11H9IN2O/c1-19-15-7-5-13(6-8-15)16-12-17-14(11-18-16)9-10-20(2,3)4;1-15-9-4-2-8(3-5-9)10-6-14-11(12)7-13-10/h5-8,11-12H,1-4H3;2-7H,1H3. The van der Waals surface area contributed by atoms with E-state index in [9.17, 15) is 0 Å². The van der Waals surface area contributed by atoms with Gasteiger partial charge in [0.15, 0.2) is 0 Å². The van der Waals surface area contributed by atoms with Gasteiger partial charge in [0, 0.05) is 11.1 Å². The van der Waals surface area contributed by atoms with E-state index in [0.29, 0.717) is 0 Å². The average molecular weight is 595 g/mol. The molecule has 0 bridgehead atoms. The minimum absolute atomic E-state index is 0.727. The molecule has 0 saturated heterocycles. The Morgan fingerprint density at radius 2 is 1.14 bits per heavy atom. The Balaban J connectivity index is 0.000000203. The molecule has 0 spiro atoms. The molecule has 6 nitrogen and oxygen atoms in total. The fourth-order valence-electron chi connectivity index (χ4n) is 2.78. The number of hydrogen-bond acceptors (Lipinski definition) is 6. The summed E-state index contributed by atoms with van der Waals surface area (Å²) in [6.07, 6.45) is 7.01. The highest BCUT2D eigenvalue weighted by Gasteiger charge is 2.08. The molecule has 8 heteroatoms. The van der Waals surface area contributed by atoms with Crippen molar-refractivity contribution in [3.05, 3.63) is 82.7 Å². The number of rotatable bonds is 4. The van der Waals surface area contributed by atoms with Crippen LogP contribution >= 0.6 is 22.6 Å². The van der Waals surface area contributed by atoms with E-state index in [1.54, 1.807) is 39.0 Å². The molecular weight excluding hydrogens is 567 g/mol. The Morgan fingerprint density at radius 1 is 0.657 bits per heavy atom. The lowest BCUT2D eigenvalue weighted by Gasteiger charge is -2.04. The summed E-state index contributed by atoms with van der Waals surface area (Å²) in [5.41, 5.74) is 7.78. The smallest absolute Gasteiger partial charge is 0.130 e. The first-order valence-electron chi connectivity index (χ1n) is 10.9. The molecule has 2 aromatic heterocycles. The topological polar surface area (TPSA) is 70.0 Å². The van der Waals surface area contributed by atoms with Crippen LogP contribution in [0.25, 0.3) is 22.5 Å². The van der Waals surface area contributed by atoms with Crippen molar-refractivity contribution in [2.24, 2.45) is 0 Å². The van der Waals surface area contributed by atoms with E-state index >= 15 is 0 Å². The third-order valence-corrected chi connectivity index (χ3v) is 6.04. The van der Waals surface area contributed by atoms with Gasteiger partial charge < -0.3 is 9.47 Å². The second kappa shape index (κ2) is 12.4. The van der Waals surface area contributed by atoms with Crippen molar-refractivity contribution in [2.45, 2.75) is 19.6 Å². The van der Waals surface area contributed by atoms with Crippen LogP contribution in [0, 0.1) is 15.2 Å². The van der Waals surface area contributed by atoms with Gasteiger partial charge in [-0.1, -0.05) is 25.6 Å². The summed E-state index contributed by atoms with van der Waals surface area (Å²) in [5, 5.41) is 0. The number of ether oxygens (including phenoxy) is 2. The minimum Gasteiger partial charge on any atom is -0.497 e. The molecule has 0 unspecified atom stereocenters. The van der Waals surface area contributed by atoms with Crippen LogP contribution in [-0.4, -0.2) is 42.2 Å². The summed E-state index contributed by atoms with van der Waals surface area (Å²) >= 11 is 2.13. The van der Waals surface area contributed by atoms with Crippen LogP contribution in [0.5, 0.6) is 11.5 Å². The Bertz CT molecular complexity index is 1280. The van der Waals surface area contributed by atoms with Crippen LogP contribution in [0.4, 0.5) is 0 Å². The fraction of sp³-hybridized carbons (Fsp3) is 0.185. The molecule has 0 atom stereocenters. The van der Waals surface area contributed by atoms with Crippen molar-refractivity contribution in [1.29, 1.82) is 0 Å². The molecule has 0 aliphatic heterocycles. The van der Waals surface area contributed by atoms with Crippen molar-refractivity contribution >= 4 is 30.7 Å². The van der Waals surface area contributed by atoms with Gasteiger partial charge in [0.25, 0.3) is 0 Å². The highest BCUT2D eigenvalue weighted by atomic mass is 127. The molecular formula is C27H27IN4O2Si. The molecule has 0 aliphatic rings. The van der Waals surface area contributed by atoms with Crippen molar-refractivity contribution in [3.63, 3.8) is 0 Å². The predicted molar refractivity (Wildman–Crippen MR) is 151 cm³/mol. The van der Waals surface area contributed by atoms with Gasteiger partial charge in [-0.2, -0.15) is 0 Å². The van der Waals surface area contributed by atoms with Crippen LogP contribution in [-0.2, 0) is 0 Å². The van der Waals surface area contributed by atoms with Crippen molar-refractivity contribution in [2.75, 3.05) is 14.2 Å². The van der Waals surface area contributed by atoms with E-state index < -0.39 is 8.07 Å². The minimum atomic E-state index is -1.37. The second-order valence-corrected chi connectivity index (χ2v) is 14.3. The van der Waals surface area contributed by atoms with E-state index in [1.807, 2.05) is 48.5 Å². The Labute approximate surface area is 221 Å². The lowest BCUT2D eigenvalue weighted by Crippen LogP contribution is -2.16. The van der Waals surface area contributed by atoms with Crippen LogP contribution < -0.4 is 9.47 Å². The summed E-state index contributed by atoms with van der Waals surface area (Å²) in [6, 6.07) is 15.5. The number of benzene rings is 2. The number of methoxy groups -OCH3 is 2. The number of nitrogens with zero attached hydrogens (tertiary/aromatic N) is 4. The zero-order valence-corrected chi connectivity index (χ0v) is 23.6. The van der Waals surface area contributed by atoms with E-state index in [1.165, 1.54) is 0 Å². The largest absolute Gasteiger partial charge is 0.497 e. The zero-order valence-electron chi connectivity index (χ0n) is 20.4. The number of aromatic nitrogens is 4. The summed E-state index contributed by atoms with van der Waals surface area (Å²) in [6.45, 7) is 6.62. The maximum atomic E-state index is 5.14. The first-order valence-corrected chi connectivity index (χ1v) is 15.5. The molecule has 0 radical (unpaired) electrons. The number of halogens is 1. The third kappa shape index (κ3) is 8.46. The van der Waals surface area contributed by atoms with Gasteiger partial charge in [-0.3, -0.25) is 9.97 Å². The molecule has 2 aromatic carbocycles. The van der Waals surface area contributed by atoms with Gasteiger partial charge in [-0.05, 0) is 71.1 Å². The van der Waals surface area contributed by atoms with Crippen molar-refractivity contribution in [3.8, 4) is 45.5 Å². The molecule has 0 saturated carbocycles. The van der Waals surface area contributed by atoms with Gasteiger partial charge in [0.2, 0.25) is 0 Å². The lowest BCUT2D eigenvalue weighted by molar-refractivity contribution is 0.415. The van der Waals surface area contributed by atoms with Gasteiger partial charge in [-0.15, -0.1) is 5.54 Å². The summed E-state index contributed by atoms with van der Waals surface area (Å²) < 4.78 is 11.1. The third-order valence-electron chi connectivity index (χ3n) is 4.61. The molecule has 4 aromatic rings. The average Bonchev–Trinajstić information content (AvgIpc) is 2.88. The van der Waals surface area contributed by atoms with Crippen molar-refractivity contribution in [1.82, 2.24) is 19.9 Å². The molecule has 0 N–H and O–H groups in total. The summed E-state index contributed by atoms with van der Waals surface area (Å²) in [5.74, 6) is 4.78. The normalized spacial score (nSPS) is 10.3. The number of hydrogen-bond donors (Lipinski definition) is 0. The van der Waals surface area contributed by atoms with Crippen LogP contribution in [0.2, 0.25) is 19.6 Å². The van der Waals surface area contributed by atoms with Gasteiger partial charge in [0.05, 0.1) is 50.4 Å². The van der Waals surface area contributed by atoms with Crippen molar-refractivity contribution < 1.29 is 9.47 Å². The van der Waals surface area contributed by atoms with E-state index in [4.69, 9.17) is 9.47 Å². The summed E-state index contributed by atoms with van der Waals surface area (Å²) in [7, 11) is 1.94. The Morgan fingerprint density at radius 3 is 1.51 bits per heavy atom. The zero-order chi connectivity index (χ0) is 25.3. The van der Waals surface area contributed by atoms with E-state index in [0.717, 1.165) is 43.4 Å². The maximum absolute atomic E-state index is 5.14. The first-order chi connectivity index (χ1) is 16.8. The van der Waals surface area contributed by atoms with E-state index in [2.05, 4.69) is 73.6 Å². The molecule has 0 aliphatic carbocycles. The molecule has 0 fully saturated rings. The highest BCUT2D eigenvalue weighted by Crippen LogP contribution is 2.20. The second-order valence-electron chi connectivity index (χ2n) is 8.47. The monoisotopic (exact) mass is 594 g/mol. The Kier molecular flexibility index (Phi) is 9.34. The van der Waals surface area contributed by atoms with Crippen LogP contribution in [0.3, 0.4) is 0 Å². The van der Waals surface area contributed by atoms with Gasteiger partial charge >= 0.3 is 0 Å². The SMILES string of the molecule is COc1ccc(-c2cnc(C#C[Si](C)(C)C)cn2)cc1.COc1ccc(-c2cnc(I)cn2)cc1. The first kappa shape index (κ1) is 26.3. The maximum Gasteiger partial charge on any atom is 0.130 e. The predicted octanol–water partition coefficient (Wildman–Crippen LogP) is 6.14. The van der Waals surface area contributed by atoms with Crippen LogP contribution in [0.1, 0.15) is 5.69 Å². The molecule has 4 rings (SSSR count). The molecule has 0 amide bonds. The molecule has 178 valence electrons.